The lowest BCUT2D eigenvalue weighted by Gasteiger charge is -2.44. The van der Waals surface area contributed by atoms with E-state index in [-0.39, 0.29) is 40.9 Å². The summed E-state index contributed by atoms with van der Waals surface area (Å²) in [5.41, 5.74) is 0.432. The molecule has 0 spiro atoms. The maximum Gasteiger partial charge on any atom is 0.260 e. The summed E-state index contributed by atoms with van der Waals surface area (Å²) in [5.74, 6) is -0.365. The summed E-state index contributed by atoms with van der Waals surface area (Å²) < 4.78 is 14.0. The number of carbonyl (C=O) groups is 2. The molecule has 1 aliphatic carbocycles. The van der Waals surface area contributed by atoms with Crippen LogP contribution in [0.25, 0.3) is 6.08 Å². The molecule has 0 radical (unpaired) electrons. The first-order chi connectivity index (χ1) is 12.9. The van der Waals surface area contributed by atoms with E-state index in [9.17, 15) is 14.0 Å². The molecule has 2 amide bonds. The zero-order chi connectivity index (χ0) is 19.6. The highest BCUT2D eigenvalue weighted by Gasteiger charge is 2.42. The molecule has 2 fully saturated rings. The van der Waals surface area contributed by atoms with Gasteiger partial charge in [0.05, 0.1) is 4.91 Å². The number of nitrogens with one attached hydrogen (secondary N) is 1. The Morgan fingerprint density at radius 2 is 2.15 bits per heavy atom. The summed E-state index contributed by atoms with van der Waals surface area (Å²) >= 11 is 1.53. The number of hydrogen-bond donors (Lipinski definition) is 1. The Balaban J connectivity index is 1.73. The van der Waals surface area contributed by atoms with E-state index in [1.165, 1.54) is 17.8 Å². The largest absolute Gasteiger partial charge is 0.353 e. The number of likely N-dealkylation sites (N-methyl/N-ethyl adjacent to an activating group) is 1. The van der Waals surface area contributed by atoms with E-state index >= 15 is 0 Å². The molecule has 0 bridgehead atoms. The van der Waals surface area contributed by atoms with E-state index in [0.717, 1.165) is 19.3 Å². The molecule has 6 heteroatoms. The number of carbonyl (C=O) groups excluding carboxylic acids is 2. The van der Waals surface area contributed by atoms with Crippen LogP contribution in [-0.4, -0.2) is 41.1 Å². The van der Waals surface area contributed by atoms with Gasteiger partial charge < -0.3 is 10.2 Å². The molecule has 1 N–H and O–H groups in total. The standard InChI is InChI=1S/C21H27FN2O2S/c1-4-13(2)23-20(25)15-9-10-18-17(11-15)24(3)21(26)19(27-18)12-14-7-5-6-8-16(14)22/h5-8,12-13,15,17-18H,4,9-11H2,1-3H3,(H,23,25)/b19-12-. The molecule has 4 nitrogen and oxygen atoms in total. The summed E-state index contributed by atoms with van der Waals surface area (Å²) in [6, 6.07) is 6.70. The Kier molecular flexibility index (Phi) is 6.25. The molecule has 1 aliphatic heterocycles. The molecule has 0 aromatic heterocycles. The van der Waals surface area contributed by atoms with Crippen LogP contribution in [0.15, 0.2) is 29.2 Å². The average Bonchev–Trinajstić information content (AvgIpc) is 2.67. The van der Waals surface area contributed by atoms with Crippen LogP contribution in [0.5, 0.6) is 0 Å². The molecule has 146 valence electrons. The molecule has 1 saturated heterocycles. The first kappa shape index (κ1) is 19.9. The minimum absolute atomic E-state index is 0.0432. The van der Waals surface area contributed by atoms with Gasteiger partial charge in [-0.25, -0.2) is 4.39 Å². The number of thioether (sulfide) groups is 1. The van der Waals surface area contributed by atoms with Gasteiger partial charge in [-0.05, 0) is 44.7 Å². The van der Waals surface area contributed by atoms with Crippen LogP contribution in [0.2, 0.25) is 0 Å². The number of rotatable bonds is 4. The predicted octanol–water partition coefficient (Wildman–Crippen LogP) is 3.82. The van der Waals surface area contributed by atoms with Crippen molar-refractivity contribution in [2.45, 2.75) is 56.9 Å². The van der Waals surface area contributed by atoms with E-state index < -0.39 is 0 Å². The van der Waals surface area contributed by atoms with Crippen molar-refractivity contribution >= 4 is 29.7 Å². The van der Waals surface area contributed by atoms with Crippen LogP contribution in [-0.2, 0) is 9.59 Å². The molecule has 1 aromatic rings. The fraction of sp³-hybridized carbons (Fsp3) is 0.524. The van der Waals surface area contributed by atoms with Crippen LogP contribution >= 0.6 is 11.8 Å². The lowest BCUT2D eigenvalue weighted by molar-refractivity contribution is -0.132. The van der Waals surface area contributed by atoms with Gasteiger partial charge in [0.25, 0.3) is 5.91 Å². The minimum Gasteiger partial charge on any atom is -0.353 e. The fourth-order valence-electron chi connectivity index (χ4n) is 3.73. The second-order valence-electron chi connectivity index (χ2n) is 7.50. The minimum atomic E-state index is -0.325. The third-order valence-electron chi connectivity index (χ3n) is 5.63. The van der Waals surface area contributed by atoms with Gasteiger partial charge in [-0.2, -0.15) is 0 Å². The van der Waals surface area contributed by atoms with Crippen molar-refractivity contribution < 1.29 is 14.0 Å². The van der Waals surface area contributed by atoms with Gasteiger partial charge in [0.2, 0.25) is 5.91 Å². The molecule has 27 heavy (non-hydrogen) atoms. The third-order valence-corrected chi connectivity index (χ3v) is 7.02. The smallest absolute Gasteiger partial charge is 0.260 e. The predicted molar refractivity (Wildman–Crippen MR) is 108 cm³/mol. The molecular weight excluding hydrogens is 363 g/mol. The summed E-state index contributed by atoms with van der Waals surface area (Å²) in [4.78, 5) is 27.6. The molecule has 1 aromatic carbocycles. The van der Waals surface area contributed by atoms with Crippen LogP contribution < -0.4 is 5.32 Å². The highest BCUT2D eigenvalue weighted by molar-refractivity contribution is 8.04. The van der Waals surface area contributed by atoms with E-state index in [2.05, 4.69) is 12.2 Å². The van der Waals surface area contributed by atoms with Crippen molar-refractivity contribution in [1.82, 2.24) is 10.2 Å². The number of nitrogens with zero attached hydrogens (tertiary/aromatic N) is 1. The zero-order valence-electron chi connectivity index (χ0n) is 16.1. The molecule has 3 rings (SSSR count). The van der Waals surface area contributed by atoms with E-state index in [0.29, 0.717) is 16.9 Å². The quantitative estimate of drug-likeness (QED) is 0.795. The van der Waals surface area contributed by atoms with Gasteiger partial charge >= 0.3 is 0 Å². The Morgan fingerprint density at radius 3 is 2.85 bits per heavy atom. The van der Waals surface area contributed by atoms with E-state index in [1.54, 1.807) is 36.2 Å². The van der Waals surface area contributed by atoms with Crippen molar-refractivity contribution in [2.75, 3.05) is 7.05 Å². The highest BCUT2D eigenvalue weighted by atomic mass is 32.2. The van der Waals surface area contributed by atoms with Gasteiger partial charge in [0, 0.05) is 35.9 Å². The average molecular weight is 391 g/mol. The lowest BCUT2D eigenvalue weighted by Crippen LogP contribution is -2.52. The van der Waals surface area contributed by atoms with Crippen molar-refractivity contribution in [1.29, 1.82) is 0 Å². The second kappa shape index (κ2) is 8.46. The third kappa shape index (κ3) is 4.37. The lowest BCUT2D eigenvalue weighted by atomic mass is 9.83. The van der Waals surface area contributed by atoms with E-state index in [4.69, 9.17) is 0 Å². The van der Waals surface area contributed by atoms with Crippen LogP contribution in [0.4, 0.5) is 4.39 Å². The van der Waals surface area contributed by atoms with Crippen LogP contribution in [0, 0.1) is 11.7 Å². The van der Waals surface area contributed by atoms with Gasteiger partial charge in [-0.3, -0.25) is 9.59 Å². The number of amides is 2. The first-order valence-electron chi connectivity index (χ1n) is 9.61. The maximum absolute atomic E-state index is 14.0. The molecule has 1 heterocycles. The van der Waals surface area contributed by atoms with Gasteiger partial charge in [-0.1, -0.05) is 25.1 Å². The fourth-order valence-corrected chi connectivity index (χ4v) is 5.20. The Morgan fingerprint density at radius 1 is 1.41 bits per heavy atom. The monoisotopic (exact) mass is 390 g/mol. The summed E-state index contributed by atoms with van der Waals surface area (Å²) in [6.07, 6.45) is 4.94. The number of halogens is 1. The number of fused-ring (bicyclic) bond motifs is 1. The second-order valence-corrected chi connectivity index (χ2v) is 8.78. The maximum atomic E-state index is 14.0. The molecule has 2 aliphatic rings. The van der Waals surface area contributed by atoms with Crippen molar-refractivity contribution in [3.63, 3.8) is 0 Å². The first-order valence-corrected chi connectivity index (χ1v) is 10.5. The Labute approximate surface area is 164 Å². The Hall–Kier alpha value is -1.82. The van der Waals surface area contributed by atoms with E-state index in [1.807, 2.05) is 6.92 Å². The summed E-state index contributed by atoms with van der Waals surface area (Å²) in [6.45, 7) is 4.06. The van der Waals surface area contributed by atoms with Crippen molar-refractivity contribution in [3.8, 4) is 0 Å². The number of hydrogen-bond acceptors (Lipinski definition) is 3. The molecular formula is C21H27FN2O2S. The summed E-state index contributed by atoms with van der Waals surface area (Å²) in [5, 5.41) is 3.31. The molecule has 4 atom stereocenters. The normalized spacial score (nSPS) is 28.0. The highest BCUT2D eigenvalue weighted by Crippen LogP contribution is 2.43. The summed E-state index contributed by atoms with van der Waals surface area (Å²) in [7, 11) is 1.80. The zero-order valence-corrected chi connectivity index (χ0v) is 16.9. The van der Waals surface area contributed by atoms with Gasteiger partial charge in [0.1, 0.15) is 5.82 Å². The van der Waals surface area contributed by atoms with Gasteiger partial charge in [-0.15, -0.1) is 11.8 Å². The van der Waals surface area contributed by atoms with Crippen LogP contribution in [0.3, 0.4) is 0 Å². The van der Waals surface area contributed by atoms with Crippen LogP contribution in [0.1, 0.15) is 45.1 Å². The molecule has 4 unspecified atom stereocenters. The SMILES string of the molecule is CCC(C)NC(=O)C1CCC2S/C(=C\c3ccccc3F)C(=O)N(C)C2C1. The van der Waals surface area contributed by atoms with Crippen molar-refractivity contribution in [2.24, 2.45) is 5.92 Å². The topological polar surface area (TPSA) is 49.4 Å². The Bertz CT molecular complexity index is 751. The number of benzene rings is 1. The van der Waals surface area contributed by atoms with Crippen molar-refractivity contribution in [3.05, 3.63) is 40.6 Å². The molecule has 1 saturated carbocycles. The van der Waals surface area contributed by atoms with Gasteiger partial charge in [0.15, 0.2) is 0 Å².